The summed E-state index contributed by atoms with van der Waals surface area (Å²) in [5.41, 5.74) is 6.35. The highest BCUT2D eigenvalue weighted by Crippen LogP contribution is 2.32. The molecule has 1 aromatic carbocycles. The van der Waals surface area contributed by atoms with Crippen LogP contribution in [0.4, 0.5) is 11.4 Å². The molecule has 0 radical (unpaired) electrons. The standard InChI is InChI=1S/C13H16Cl2N2O3S/c1-2-20-12(19)7-21-4-3-11(18)17-13-9(14)5-8(16)6-10(13)15/h5-6H,2-4,7,16H2,1H3,(H,17,18). The molecule has 1 amide bonds. The number of halogens is 2. The predicted octanol–water partition coefficient (Wildman–Crippen LogP) is 3.20. The molecule has 0 bridgehead atoms. The first kappa shape index (κ1) is 17.9. The average Bonchev–Trinajstić information content (AvgIpc) is 2.39. The van der Waals surface area contributed by atoms with Crippen LogP contribution in [-0.2, 0) is 14.3 Å². The molecule has 0 aliphatic heterocycles. The Morgan fingerprint density at radius 3 is 2.52 bits per heavy atom. The molecule has 5 nitrogen and oxygen atoms in total. The van der Waals surface area contributed by atoms with Gasteiger partial charge in [-0.15, -0.1) is 11.8 Å². The van der Waals surface area contributed by atoms with Gasteiger partial charge in [0.05, 0.1) is 28.1 Å². The summed E-state index contributed by atoms with van der Waals surface area (Å²) in [6.07, 6.45) is 0.237. The van der Waals surface area contributed by atoms with Crippen molar-refractivity contribution in [1.29, 1.82) is 0 Å². The first-order valence-electron chi connectivity index (χ1n) is 6.21. The van der Waals surface area contributed by atoms with Gasteiger partial charge in [-0.25, -0.2) is 0 Å². The van der Waals surface area contributed by atoms with Crippen LogP contribution in [0, 0.1) is 0 Å². The lowest BCUT2D eigenvalue weighted by atomic mass is 10.2. The summed E-state index contributed by atoms with van der Waals surface area (Å²) in [6, 6.07) is 3.02. The third-order valence-corrected chi connectivity index (χ3v) is 3.86. The number of rotatable bonds is 7. The Kier molecular flexibility index (Phi) is 7.71. The van der Waals surface area contributed by atoms with Crippen LogP contribution in [-0.4, -0.2) is 30.0 Å². The third kappa shape index (κ3) is 6.46. The fourth-order valence-electron chi connectivity index (χ4n) is 1.44. The quantitative estimate of drug-likeness (QED) is 0.448. The summed E-state index contributed by atoms with van der Waals surface area (Å²) < 4.78 is 4.78. The van der Waals surface area contributed by atoms with E-state index in [9.17, 15) is 9.59 Å². The molecule has 116 valence electrons. The summed E-state index contributed by atoms with van der Waals surface area (Å²) in [5.74, 6) is 0.201. The van der Waals surface area contributed by atoms with Gasteiger partial charge < -0.3 is 15.8 Å². The van der Waals surface area contributed by atoms with Gasteiger partial charge in [-0.05, 0) is 19.1 Å². The number of nitrogens with one attached hydrogen (secondary N) is 1. The molecule has 1 aromatic rings. The summed E-state index contributed by atoms with van der Waals surface area (Å²) in [6.45, 7) is 2.10. The van der Waals surface area contributed by atoms with Crippen LogP contribution in [0.15, 0.2) is 12.1 Å². The fourth-order valence-corrected chi connectivity index (χ4v) is 2.76. The van der Waals surface area contributed by atoms with E-state index in [4.69, 9.17) is 33.7 Å². The summed E-state index contributed by atoms with van der Waals surface area (Å²) in [7, 11) is 0. The number of thioether (sulfide) groups is 1. The van der Waals surface area contributed by atoms with Crippen LogP contribution in [0.5, 0.6) is 0 Å². The molecular weight excluding hydrogens is 335 g/mol. The number of nitrogen functional groups attached to an aromatic ring is 1. The number of esters is 1. The van der Waals surface area contributed by atoms with E-state index in [1.807, 2.05) is 0 Å². The summed E-state index contributed by atoms with van der Waals surface area (Å²) in [5, 5.41) is 3.20. The maximum absolute atomic E-state index is 11.8. The van der Waals surface area contributed by atoms with Gasteiger partial charge in [0.2, 0.25) is 5.91 Å². The molecule has 0 heterocycles. The SMILES string of the molecule is CCOC(=O)CSCCC(=O)Nc1c(Cl)cc(N)cc1Cl. The Labute approximate surface area is 137 Å². The number of carbonyl (C=O) groups is 2. The minimum Gasteiger partial charge on any atom is -0.465 e. The number of benzene rings is 1. The number of anilines is 2. The fraction of sp³-hybridized carbons (Fsp3) is 0.385. The van der Waals surface area contributed by atoms with Crippen molar-refractivity contribution in [2.75, 3.05) is 29.2 Å². The first-order valence-corrected chi connectivity index (χ1v) is 8.12. The van der Waals surface area contributed by atoms with Gasteiger partial charge in [-0.1, -0.05) is 23.2 Å². The minimum absolute atomic E-state index is 0.227. The van der Waals surface area contributed by atoms with Crippen LogP contribution in [0.25, 0.3) is 0 Å². The second-order valence-electron chi connectivity index (χ2n) is 4.02. The van der Waals surface area contributed by atoms with Gasteiger partial charge in [-0.2, -0.15) is 0 Å². The van der Waals surface area contributed by atoms with Crippen molar-refractivity contribution >= 4 is 58.2 Å². The molecule has 1 rings (SSSR count). The van der Waals surface area contributed by atoms with E-state index < -0.39 is 0 Å². The van der Waals surface area contributed by atoms with Crippen LogP contribution >= 0.6 is 35.0 Å². The lowest BCUT2D eigenvalue weighted by Crippen LogP contribution is -2.14. The van der Waals surface area contributed by atoms with E-state index in [1.165, 1.54) is 23.9 Å². The lowest BCUT2D eigenvalue weighted by Gasteiger charge is -2.10. The van der Waals surface area contributed by atoms with Crippen molar-refractivity contribution in [3.8, 4) is 0 Å². The van der Waals surface area contributed by atoms with Crippen LogP contribution in [0.1, 0.15) is 13.3 Å². The number of nitrogens with two attached hydrogens (primary N) is 1. The maximum Gasteiger partial charge on any atom is 0.315 e. The van der Waals surface area contributed by atoms with Crippen molar-refractivity contribution in [1.82, 2.24) is 0 Å². The van der Waals surface area contributed by atoms with Crippen LogP contribution < -0.4 is 11.1 Å². The van der Waals surface area contributed by atoms with Gasteiger partial charge >= 0.3 is 5.97 Å². The van der Waals surface area contributed by atoms with E-state index in [-0.39, 0.29) is 34.1 Å². The number of amides is 1. The Balaban J connectivity index is 2.39. The average molecular weight is 351 g/mol. The van der Waals surface area contributed by atoms with Crippen molar-refractivity contribution in [2.24, 2.45) is 0 Å². The van der Waals surface area contributed by atoms with E-state index in [2.05, 4.69) is 5.32 Å². The molecular formula is C13H16Cl2N2O3S. The molecule has 21 heavy (non-hydrogen) atoms. The van der Waals surface area contributed by atoms with E-state index >= 15 is 0 Å². The van der Waals surface area contributed by atoms with Gasteiger partial charge in [0.1, 0.15) is 0 Å². The summed E-state index contributed by atoms with van der Waals surface area (Å²) in [4.78, 5) is 22.9. The number of hydrogen-bond donors (Lipinski definition) is 2. The van der Waals surface area contributed by atoms with Crippen molar-refractivity contribution in [3.05, 3.63) is 22.2 Å². The Morgan fingerprint density at radius 2 is 1.95 bits per heavy atom. The Hall–Kier alpha value is -1.11. The molecule has 0 spiro atoms. The third-order valence-electron chi connectivity index (χ3n) is 2.33. The van der Waals surface area contributed by atoms with E-state index in [0.29, 0.717) is 23.7 Å². The molecule has 0 aliphatic rings. The van der Waals surface area contributed by atoms with Gasteiger partial charge in [0, 0.05) is 17.9 Å². The molecule has 0 aromatic heterocycles. The second-order valence-corrected chi connectivity index (χ2v) is 5.93. The topological polar surface area (TPSA) is 81.4 Å². The lowest BCUT2D eigenvalue weighted by molar-refractivity contribution is -0.139. The smallest absolute Gasteiger partial charge is 0.315 e. The zero-order valence-corrected chi connectivity index (χ0v) is 13.8. The van der Waals surface area contributed by atoms with Crippen LogP contribution in [0.3, 0.4) is 0 Å². The molecule has 3 N–H and O–H groups in total. The maximum atomic E-state index is 11.8. The highest BCUT2D eigenvalue weighted by Gasteiger charge is 2.11. The van der Waals surface area contributed by atoms with Crippen molar-refractivity contribution in [2.45, 2.75) is 13.3 Å². The molecule has 0 saturated heterocycles. The normalized spacial score (nSPS) is 10.2. The van der Waals surface area contributed by atoms with E-state index in [1.54, 1.807) is 6.92 Å². The zero-order valence-electron chi connectivity index (χ0n) is 11.4. The summed E-state index contributed by atoms with van der Waals surface area (Å²) >= 11 is 13.3. The molecule has 0 fully saturated rings. The first-order chi connectivity index (χ1) is 9.93. The number of carbonyl (C=O) groups excluding carboxylic acids is 2. The van der Waals surface area contributed by atoms with Crippen molar-refractivity contribution < 1.29 is 14.3 Å². The zero-order chi connectivity index (χ0) is 15.8. The Bertz CT molecular complexity index is 503. The predicted molar refractivity (Wildman–Crippen MR) is 88.1 cm³/mol. The second kappa shape index (κ2) is 9.02. The minimum atomic E-state index is -0.285. The van der Waals surface area contributed by atoms with Crippen molar-refractivity contribution in [3.63, 3.8) is 0 Å². The van der Waals surface area contributed by atoms with Gasteiger partial charge in [0.25, 0.3) is 0 Å². The molecule has 0 aliphatic carbocycles. The molecule has 0 atom stereocenters. The molecule has 8 heteroatoms. The molecule has 0 unspecified atom stereocenters. The number of ether oxygens (including phenoxy) is 1. The number of hydrogen-bond acceptors (Lipinski definition) is 5. The largest absolute Gasteiger partial charge is 0.465 e. The highest BCUT2D eigenvalue weighted by atomic mass is 35.5. The van der Waals surface area contributed by atoms with Gasteiger partial charge in [0.15, 0.2) is 0 Å². The monoisotopic (exact) mass is 350 g/mol. The van der Waals surface area contributed by atoms with Gasteiger partial charge in [-0.3, -0.25) is 9.59 Å². The molecule has 0 saturated carbocycles. The Morgan fingerprint density at radius 1 is 1.33 bits per heavy atom. The highest BCUT2D eigenvalue weighted by molar-refractivity contribution is 7.99. The van der Waals surface area contributed by atoms with Crippen LogP contribution in [0.2, 0.25) is 10.0 Å². The van der Waals surface area contributed by atoms with E-state index in [0.717, 1.165) is 0 Å².